The van der Waals surface area contributed by atoms with Gasteiger partial charge in [-0.15, -0.1) is 0 Å². The fourth-order valence-corrected chi connectivity index (χ4v) is 5.20. The molecular weight excluding hydrogens is 274 g/mol. The van der Waals surface area contributed by atoms with Crippen LogP contribution in [-0.4, -0.2) is 57.7 Å². The lowest BCUT2D eigenvalue weighted by Gasteiger charge is -2.26. The van der Waals surface area contributed by atoms with Gasteiger partial charge in [-0.3, -0.25) is 5.10 Å². The Balaban J connectivity index is 1.75. The van der Waals surface area contributed by atoms with Gasteiger partial charge in [0.25, 0.3) is 0 Å². The molecule has 0 amide bonds. The molecule has 0 aliphatic carbocycles. The summed E-state index contributed by atoms with van der Waals surface area (Å²) >= 11 is 4.22. The SMILES string of the molecule is Cc1n[nH]c(C)c1CCCN(C)C1CSCCSC1. The summed E-state index contributed by atoms with van der Waals surface area (Å²) in [6, 6.07) is 0.754. The molecular formula is C14H25N3S2. The molecule has 0 saturated carbocycles. The molecule has 1 aliphatic rings. The van der Waals surface area contributed by atoms with E-state index >= 15 is 0 Å². The maximum Gasteiger partial charge on any atom is 0.0625 e. The van der Waals surface area contributed by atoms with Crippen molar-refractivity contribution >= 4 is 23.5 Å². The second kappa shape index (κ2) is 7.60. The third-order valence-corrected chi connectivity index (χ3v) is 6.32. The van der Waals surface area contributed by atoms with Gasteiger partial charge in [-0.05, 0) is 45.8 Å². The summed E-state index contributed by atoms with van der Waals surface area (Å²) in [4.78, 5) is 2.55. The third kappa shape index (κ3) is 4.43. The van der Waals surface area contributed by atoms with Crippen molar-refractivity contribution in [2.75, 3.05) is 36.6 Å². The van der Waals surface area contributed by atoms with Crippen LogP contribution in [0.5, 0.6) is 0 Å². The highest BCUT2D eigenvalue weighted by atomic mass is 32.2. The Morgan fingerprint density at radius 1 is 1.26 bits per heavy atom. The van der Waals surface area contributed by atoms with Gasteiger partial charge in [0.15, 0.2) is 0 Å². The molecule has 1 aromatic heterocycles. The van der Waals surface area contributed by atoms with Crippen LogP contribution in [0.25, 0.3) is 0 Å². The van der Waals surface area contributed by atoms with E-state index in [4.69, 9.17) is 0 Å². The Kier molecular flexibility index (Phi) is 6.10. The highest BCUT2D eigenvalue weighted by molar-refractivity contribution is 8.03. The van der Waals surface area contributed by atoms with E-state index in [1.807, 2.05) is 0 Å². The Morgan fingerprint density at radius 3 is 2.53 bits per heavy atom. The zero-order chi connectivity index (χ0) is 13.7. The highest BCUT2D eigenvalue weighted by Crippen LogP contribution is 2.20. The van der Waals surface area contributed by atoms with Crippen molar-refractivity contribution in [2.45, 2.75) is 32.7 Å². The first kappa shape index (κ1) is 15.3. The molecule has 1 fully saturated rings. The average Bonchev–Trinajstić information content (AvgIpc) is 2.64. The molecule has 0 radical (unpaired) electrons. The van der Waals surface area contributed by atoms with E-state index in [-0.39, 0.29) is 0 Å². The van der Waals surface area contributed by atoms with Crippen molar-refractivity contribution in [3.05, 3.63) is 17.0 Å². The molecule has 1 aromatic rings. The van der Waals surface area contributed by atoms with Gasteiger partial charge in [-0.2, -0.15) is 28.6 Å². The Bertz CT molecular complexity index is 365. The molecule has 0 spiro atoms. The van der Waals surface area contributed by atoms with E-state index in [1.54, 1.807) is 0 Å². The average molecular weight is 300 g/mol. The summed E-state index contributed by atoms with van der Waals surface area (Å²) in [6.45, 7) is 5.41. The number of aromatic amines is 1. The molecule has 0 unspecified atom stereocenters. The van der Waals surface area contributed by atoms with Crippen molar-refractivity contribution in [2.24, 2.45) is 0 Å². The van der Waals surface area contributed by atoms with Crippen molar-refractivity contribution in [1.82, 2.24) is 15.1 Å². The summed E-state index contributed by atoms with van der Waals surface area (Å²) < 4.78 is 0. The Labute approximate surface area is 125 Å². The van der Waals surface area contributed by atoms with E-state index < -0.39 is 0 Å². The molecule has 108 valence electrons. The first-order valence-electron chi connectivity index (χ1n) is 7.04. The van der Waals surface area contributed by atoms with Gasteiger partial charge >= 0.3 is 0 Å². The van der Waals surface area contributed by atoms with Crippen molar-refractivity contribution in [3.63, 3.8) is 0 Å². The quantitative estimate of drug-likeness (QED) is 0.906. The Hall–Kier alpha value is -0.130. The molecule has 3 nitrogen and oxygen atoms in total. The molecule has 5 heteroatoms. The molecule has 1 aliphatic heterocycles. The number of hydrogen-bond donors (Lipinski definition) is 1. The number of H-pyrrole nitrogens is 1. The van der Waals surface area contributed by atoms with E-state index in [2.05, 4.69) is 59.5 Å². The molecule has 2 rings (SSSR count). The molecule has 1 saturated heterocycles. The summed E-state index contributed by atoms with van der Waals surface area (Å²) in [7, 11) is 2.28. The van der Waals surface area contributed by atoms with Crippen LogP contribution in [-0.2, 0) is 6.42 Å². The zero-order valence-corrected chi connectivity index (χ0v) is 13.9. The van der Waals surface area contributed by atoms with Crippen LogP contribution >= 0.6 is 23.5 Å². The first-order valence-corrected chi connectivity index (χ1v) is 9.35. The van der Waals surface area contributed by atoms with Crippen LogP contribution in [0.3, 0.4) is 0 Å². The molecule has 2 heterocycles. The molecule has 0 aromatic carbocycles. The molecule has 0 bridgehead atoms. The largest absolute Gasteiger partial charge is 0.302 e. The van der Waals surface area contributed by atoms with Gasteiger partial charge in [0.05, 0.1) is 5.69 Å². The van der Waals surface area contributed by atoms with E-state index in [1.165, 1.54) is 52.9 Å². The Morgan fingerprint density at radius 2 is 1.95 bits per heavy atom. The lowest BCUT2D eigenvalue weighted by molar-refractivity contribution is 0.278. The molecule has 1 N–H and O–H groups in total. The number of aryl methyl sites for hydroxylation is 2. The minimum absolute atomic E-state index is 0.754. The minimum Gasteiger partial charge on any atom is -0.302 e. The second-order valence-corrected chi connectivity index (χ2v) is 7.60. The smallest absolute Gasteiger partial charge is 0.0625 e. The van der Waals surface area contributed by atoms with Gasteiger partial charge in [0, 0.05) is 34.7 Å². The van der Waals surface area contributed by atoms with Crippen LogP contribution in [0.15, 0.2) is 0 Å². The number of aromatic nitrogens is 2. The number of nitrogens with zero attached hydrogens (tertiary/aromatic N) is 2. The van der Waals surface area contributed by atoms with Crippen LogP contribution in [0.1, 0.15) is 23.4 Å². The number of nitrogens with one attached hydrogen (secondary N) is 1. The van der Waals surface area contributed by atoms with E-state index in [9.17, 15) is 0 Å². The van der Waals surface area contributed by atoms with E-state index in [0.717, 1.165) is 12.5 Å². The van der Waals surface area contributed by atoms with Crippen LogP contribution < -0.4 is 0 Å². The van der Waals surface area contributed by atoms with Gasteiger partial charge in [0.2, 0.25) is 0 Å². The summed E-state index contributed by atoms with van der Waals surface area (Å²) in [5.74, 6) is 5.24. The van der Waals surface area contributed by atoms with Crippen LogP contribution in [0.4, 0.5) is 0 Å². The standard InChI is InChI=1S/C14H25N3S2/c1-11-14(12(2)16-15-11)5-4-6-17(3)13-9-18-7-8-19-10-13/h13H,4-10H2,1-3H3,(H,15,16). The van der Waals surface area contributed by atoms with Crippen molar-refractivity contribution in [3.8, 4) is 0 Å². The summed E-state index contributed by atoms with van der Waals surface area (Å²) in [5.41, 5.74) is 3.82. The van der Waals surface area contributed by atoms with Gasteiger partial charge < -0.3 is 4.90 Å². The highest BCUT2D eigenvalue weighted by Gasteiger charge is 2.17. The molecule has 19 heavy (non-hydrogen) atoms. The third-order valence-electron chi connectivity index (χ3n) is 3.83. The predicted molar refractivity (Wildman–Crippen MR) is 87.5 cm³/mol. The predicted octanol–water partition coefficient (Wildman–Crippen LogP) is 2.74. The van der Waals surface area contributed by atoms with Crippen molar-refractivity contribution in [1.29, 1.82) is 0 Å². The van der Waals surface area contributed by atoms with E-state index in [0.29, 0.717) is 0 Å². The summed E-state index contributed by atoms with van der Waals surface area (Å²) in [5, 5.41) is 7.35. The summed E-state index contributed by atoms with van der Waals surface area (Å²) in [6.07, 6.45) is 2.37. The monoisotopic (exact) mass is 299 g/mol. The van der Waals surface area contributed by atoms with Crippen molar-refractivity contribution < 1.29 is 0 Å². The van der Waals surface area contributed by atoms with Gasteiger partial charge in [-0.25, -0.2) is 0 Å². The second-order valence-electron chi connectivity index (χ2n) is 5.30. The number of thioether (sulfide) groups is 2. The van der Waals surface area contributed by atoms with Crippen LogP contribution in [0, 0.1) is 13.8 Å². The number of hydrogen-bond acceptors (Lipinski definition) is 4. The fraction of sp³-hybridized carbons (Fsp3) is 0.786. The normalized spacial score (nSPS) is 17.9. The fourth-order valence-electron chi connectivity index (χ4n) is 2.49. The van der Waals surface area contributed by atoms with Gasteiger partial charge in [-0.1, -0.05) is 0 Å². The maximum absolute atomic E-state index is 4.27. The zero-order valence-electron chi connectivity index (χ0n) is 12.2. The maximum atomic E-state index is 4.27. The number of rotatable bonds is 5. The lowest BCUT2D eigenvalue weighted by Crippen LogP contribution is -2.36. The topological polar surface area (TPSA) is 31.9 Å². The van der Waals surface area contributed by atoms with Gasteiger partial charge in [0.1, 0.15) is 0 Å². The van der Waals surface area contributed by atoms with Crippen LogP contribution in [0.2, 0.25) is 0 Å². The lowest BCUT2D eigenvalue weighted by atomic mass is 10.1. The minimum atomic E-state index is 0.754. The first-order chi connectivity index (χ1) is 9.18. The molecule has 0 atom stereocenters.